The molecule has 0 atom stereocenters. The van der Waals surface area contributed by atoms with Crippen LogP contribution in [0.3, 0.4) is 0 Å². The number of para-hydroxylation sites is 1. The first-order chi connectivity index (χ1) is 12.3. The van der Waals surface area contributed by atoms with Crippen molar-refractivity contribution in [1.29, 1.82) is 0 Å². The second-order valence-corrected chi connectivity index (χ2v) is 6.21. The molecule has 2 aromatic carbocycles. The van der Waals surface area contributed by atoms with E-state index in [1.165, 1.54) is 12.1 Å². The van der Waals surface area contributed by atoms with Gasteiger partial charge >= 0.3 is 6.18 Å². The molecule has 0 saturated heterocycles. The average molecular weight is 361 g/mol. The third-order valence-corrected chi connectivity index (χ3v) is 4.12. The highest BCUT2D eigenvalue weighted by Crippen LogP contribution is 2.37. The Balaban J connectivity index is 1.85. The van der Waals surface area contributed by atoms with E-state index in [0.717, 1.165) is 22.5 Å². The van der Waals surface area contributed by atoms with Crippen molar-refractivity contribution in [2.75, 3.05) is 24.3 Å². The molecular formula is C19H18F3N3O. The van der Waals surface area contributed by atoms with Gasteiger partial charge in [0.1, 0.15) is 0 Å². The van der Waals surface area contributed by atoms with E-state index in [1.807, 2.05) is 24.3 Å². The Labute approximate surface area is 148 Å². The number of hydrogen-bond donors (Lipinski definition) is 2. The number of alkyl halides is 3. The van der Waals surface area contributed by atoms with E-state index in [-0.39, 0.29) is 12.1 Å². The second kappa shape index (κ2) is 6.74. The number of carbonyl (C=O) groups is 1. The summed E-state index contributed by atoms with van der Waals surface area (Å²) in [5.41, 5.74) is 0.911. The van der Waals surface area contributed by atoms with E-state index in [4.69, 9.17) is 0 Å². The van der Waals surface area contributed by atoms with Gasteiger partial charge in [-0.3, -0.25) is 4.79 Å². The Morgan fingerprint density at radius 3 is 2.58 bits per heavy atom. The molecule has 2 N–H and O–H groups in total. The largest absolute Gasteiger partial charge is 0.418 e. The highest BCUT2D eigenvalue weighted by Gasteiger charge is 2.34. The van der Waals surface area contributed by atoms with Gasteiger partial charge < -0.3 is 15.2 Å². The lowest BCUT2D eigenvalue weighted by atomic mass is 10.1. The summed E-state index contributed by atoms with van der Waals surface area (Å²) in [5, 5.41) is 3.27. The van der Waals surface area contributed by atoms with E-state index < -0.39 is 17.6 Å². The van der Waals surface area contributed by atoms with Crippen LogP contribution in [0.15, 0.2) is 48.7 Å². The molecule has 136 valence electrons. The van der Waals surface area contributed by atoms with Crippen molar-refractivity contribution in [2.24, 2.45) is 0 Å². The maximum absolute atomic E-state index is 13.4. The number of hydrogen-bond acceptors (Lipinski definition) is 2. The van der Waals surface area contributed by atoms with E-state index >= 15 is 0 Å². The first-order valence-electron chi connectivity index (χ1n) is 7.99. The lowest BCUT2D eigenvalue weighted by Crippen LogP contribution is -2.19. The summed E-state index contributed by atoms with van der Waals surface area (Å²) >= 11 is 0. The van der Waals surface area contributed by atoms with Crippen LogP contribution in [0.5, 0.6) is 0 Å². The molecule has 0 aliphatic carbocycles. The lowest BCUT2D eigenvalue weighted by molar-refractivity contribution is -0.136. The molecule has 1 amide bonds. The Bertz CT molecular complexity index is 945. The number of amides is 1. The molecule has 7 heteroatoms. The van der Waals surface area contributed by atoms with Gasteiger partial charge in [0.05, 0.1) is 17.7 Å². The predicted molar refractivity (Wildman–Crippen MR) is 96.4 cm³/mol. The van der Waals surface area contributed by atoms with Gasteiger partial charge in [0.15, 0.2) is 0 Å². The summed E-state index contributed by atoms with van der Waals surface area (Å²) in [6.45, 7) is 0. The van der Waals surface area contributed by atoms with Crippen LogP contribution in [-0.2, 0) is 17.4 Å². The van der Waals surface area contributed by atoms with Gasteiger partial charge in [-0.05, 0) is 29.8 Å². The Morgan fingerprint density at radius 2 is 1.88 bits per heavy atom. The standard InChI is InChI=1S/C19H18F3N3O/c1-25(2)13-7-8-17(15(10-13)19(20,21)22)24-18(26)9-12-11-23-16-6-4-3-5-14(12)16/h3-8,10-11,23H,9H2,1-2H3,(H,24,26). The van der Waals surface area contributed by atoms with Crippen molar-refractivity contribution in [1.82, 2.24) is 4.98 Å². The maximum Gasteiger partial charge on any atom is 0.418 e. The Hall–Kier alpha value is -2.96. The number of fused-ring (bicyclic) bond motifs is 1. The molecule has 0 fully saturated rings. The smallest absolute Gasteiger partial charge is 0.378 e. The molecule has 0 spiro atoms. The van der Waals surface area contributed by atoms with Gasteiger partial charge in [-0.15, -0.1) is 0 Å². The van der Waals surface area contributed by atoms with Gasteiger partial charge in [-0.25, -0.2) is 0 Å². The fourth-order valence-corrected chi connectivity index (χ4v) is 2.80. The van der Waals surface area contributed by atoms with Crippen LogP contribution in [0.2, 0.25) is 0 Å². The van der Waals surface area contributed by atoms with Gasteiger partial charge in [-0.1, -0.05) is 18.2 Å². The topological polar surface area (TPSA) is 48.1 Å². The summed E-state index contributed by atoms with van der Waals surface area (Å²) < 4.78 is 40.1. The molecule has 0 aliphatic rings. The molecule has 26 heavy (non-hydrogen) atoms. The number of benzene rings is 2. The molecule has 3 aromatic rings. The van der Waals surface area contributed by atoms with Crippen molar-refractivity contribution >= 4 is 28.2 Å². The number of halogens is 3. The van der Waals surface area contributed by atoms with Crippen LogP contribution in [0.1, 0.15) is 11.1 Å². The zero-order chi connectivity index (χ0) is 18.9. The van der Waals surface area contributed by atoms with E-state index in [9.17, 15) is 18.0 Å². The number of nitrogens with zero attached hydrogens (tertiary/aromatic N) is 1. The minimum absolute atomic E-state index is 0.0171. The van der Waals surface area contributed by atoms with Crippen molar-refractivity contribution in [3.05, 3.63) is 59.8 Å². The summed E-state index contributed by atoms with van der Waals surface area (Å²) in [6.07, 6.45) is -2.88. The molecule has 0 aliphatic heterocycles. The highest BCUT2D eigenvalue weighted by molar-refractivity contribution is 5.96. The number of H-pyrrole nitrogens is 1. The summed E-state index contributed by atoms with van der Waals surface area (Å²) in [6, 6.07) is 11.3. The molecule has 1 aromatic heterocycles. The molecule has 0 bridgehead atoms. The van der Waals surface area contributed by atoms with E-state index in [2.05, 4.69) is 10.3 Å². The third-order valence-electron chi connectivity index (χ3n) is 4.12. The van der Waals surface area contributed by atoms with Gasteiger partial charge in [0.25, 0.3) is 0 Å². The van der Waals surface area contributed by atoms with Crippen molar-refractivity contribution < 1.29 is 18.0 Å². The summed E-state index contributed by atoms with van der Waals surface area (Å²) in [7, 11) is 3.31. The molecule has 4 nitrogen and oxygen atoms in total. The van der Waals surface area contributed by atoms with E-state index in [0.29, 0.717) is 5.69 Å². The first-order valence-corrected chi connectivity index (χ1v) is 7.99. The average Bonchev–Trinajstić information content (AvgIpc) is 2.97. The van der Waals surface area contributed by atoms with Crippen LogP contribution in [0, 0.1) is 0 Å². The number of aromatic nitrogens is 1. The lowest BCUT2D eigenvalue weighted by Gasteiger charge is -2.18. The maximum atomic E-state index is 13.4. The second-order valence-electron chi connectivity index (χ2n) is 6.21. The van der Waals surface area contributed by atoms with Crippen LogP contribution in [-0.4, -0.2) is 25.0 Å². The van der Waals surface area contributed by atoms with Crippen LogP contribution in [0.4, 0.5) is 24.5 Å². The van der Waals surface area contributed by atoms with Crippen molar-refractivity contribution in [3.63, 3.8) is 0 Å². The summed E-state index contributed by atoms with van der Waals surface area (Å²) in [4.78, 5) is 16.9. The highest BCUT2D eigenvalue weighted by atomic mass is 19.4. The molecule has 0 radical (unpaired) electrons. The predicted octanol–water partition coefficient (Wildman–Crippen LogP) is 4.43. The number of anilines is 2. The fraction of sp³-hybridized carbons (Fsp3) is 0.211. The zero-order valence-corrected chi connectivity index (χ0v) is 14.3. The van der Waals surface area contributed by atoms with Crippen LogP contribution < -0.4 is 10.2 Å². The molecule has 1 heterocycles. The minimum Gasteiger partial charge on any atom is -0.378 e. The molecular weight excluding hydrogens is 343 g/mol. The van der Waals surface area contributed by atoms with Crippen molar-refractivity contribution in [2.45, 2.75) is 12.6 Å². The Kier molecular flexibility index (Phi) is 4.63. The zero-order valence-electron chi connectivity index (χ0n) is 14.3. The van der Waals surface area contributed by atoms with E-state index in [1.54, 1.807) is 25.2 Å². The fourth-order valence-electron chi connectivity index (χ4n) is 2.80. The van der Waals surface area contributed by atoms with Gasteiger partial charge in [0.2, 0.25) is 5.91 Å². The van der Waals surface area contributed by atoms with Gasteiger partial charge in [-0.2, -0.15) is 13.2 Å². The minimum atomic E-state index is -4.56. The number of carbonyl (C=O) groups excluding carboxylic acids is 1. The Morgan fingerprint density at radius 1 is 1.15 bits per heavy atom. The molecule has 0 unspecified atom stereocenters. The monoisotopic (exact) mass is 361 g/mol. The summed E-state index contributed by atoms with van der Waals surface area (Å²) in [5.74, 6) is -0.502. The SMILES string of the molecule is CN(C)c1ccc(NC(=O)Cc2c[nH]c3ccccc23)c(C(F)(F)F)c1. The van der Waals surface area contributed by atoms with Crippen LogP contribution >= 0.6 is 0 Å². The number of rotatable bonds is 4. The van der Waals surface area contributed by atoms with Crippen LogP contribution in [0.25, 0.3) is 10.9 Å². The van der Waals surface area contributed by atoms with Gasteiger partial charge in [0, 0.05) is 36.9 Å². The quantitative estimate of drug-likeness (QED) is 0.722. The first kappa shape index (κ1) is 17.8. The number of nitrogens with one attached hydrogen (secondary N) is 2. The third kappa shape index (κ3) is 3.66. The molecule has 0 saturated carbocycles. The number of aromatic amines is 1. The van der Waals surface area contributed by atoms with Crippen molar-refractivity contribution in [3.8, 4) is 0 Å². The normalized spacial score (nSPS) is 11.6. The molecule has 3 rings (SSSR count).